The zero-order valence-electron chi connectivity index (χ0n) is 8.00. The van der Waals surface area contributed by atoms with E-state index in [0.29, 0.717) is 0 Å². The Morgan fingerprint density at radius 1 is 1.15 bits per heavy atom. The van der Waals surface area contributed by atoms with Gasteiger partial charge >= 0.3 is 0 Å². The molecule has 0 saturated heterocycles. The molecule has 0 spiro atoms. The van der Waals surface area contributed by atoms with Crippen LogP contribution in [0.1, 0.15) is 32.1 Å². The molecule has 1 fully saturated rings. The molecule has 0 N–H and O–H groups in total. The van der Waals surface area contributed by atoms with E-state index in [1.807, 2.05) is 0 Å². The fourth-order valence-corrected chi connectivity index (χ4v) is 2.25. The molecule has 70 valence electrons. The lowest BCUT2D eigenvalue weighted by molar-refractivity contribution is 0.0701. The summed E-state index contributed by atoms with van der Waals surface area (Å²) < 4.78 is 0. The molecule has 0 aromatic carbocycles. The maximum atomic E-state index is 9.17. The van der Waals surface area contributed by atoms with E-state index >= 15 is 0 Å². The topological polar surface area (TPSA) is 27.0 Å². The normalized spacial score (nSPS) is 27.3. The Labute approximate surface area is 79.8 Å². The van der Waals surface area contributed by atoms with Crippen LogP contribution in [0.3, 0.4) is 0 Å². The Morgan fingerprint density at radius 3 is 2.15 bits per heavy atom. The van der Waals surface area contributed by atoms with E-state index in [4.69, 9.17) is 5.26 Å². The van der Waals surface area contributed by atoms with Crippen molar-refractivity contribution in [2.75, 3.05) is 13.1 Å². The van der Waals surface area contributed by atoms with Crippen LogP contribution in [0.2, 0.25) is 0 Å². The van der Waals surface area contributed by atoms with Crippen LogP contribution in [-0.4, -0.2) is 23.5 Å². The Morgan fingerprint density at radius 2 is 1.77 bits per heavy atom. The van der Waals surface area contributed by atoms with E-state index in [1.165, 1.54) is 6.42 Å². The van der Waals surface area contributed by atoms with Crippen LogP contribution in [0.15, 0.2) is 12.2 Å². The minimum Gasteiger partial charge on any atom is -0.285 e. The van der Waals surface area contributed by atoms with Gasteiger partial charge in [0.05, 0.1) is 6.07 Å². The quantitative estimate of drug-likeness (QED) is 0.572. The molecule has 2 heteroatoms. The van der Waals surface area contributed by atoms with E-state index < -0.39 is 0 Å². The van der Waals surface area contributed by atoms with Crippen LogP contribution < -0.4 is 0 Å². The van der Waals surface area contributed by atoms with E-state index in [2.05, 4.69) is 23.1 Å². The Hall–Kier alpha value is -0.810. The Kier molecular flexibility index (Phi) is 2.37. The minimum absolute atomic E-state index is 0.0774. The summed E-state index contributed by atoms with van der Waals surface area (Å²) in [5, 5.41) is 9.17. The maximum absolute atomic E-state index is 9.17. The predicted molar refractivity (Wildman–Crippen MR) is 52.1 cm³/mol. The molecule has 2 aliphatic rings. The lowest BCUT2D eigenvalue weighted by atomic mass is 9.76. The number of nitriles is 1. The van der Waals surface area contributed by atoms with Crippen molar-refractivity contribution in [3.63, 3.8) is 0 Å². The zero-order chi connectivity index (χ0) is 9.15. The molecule has 1 saturated carbocycles. The largest absolute Gasteiger partial charge is 0.285 e. The van der Waals surface area contributed by atoms with Crippen LogP contribution in [-0.2, 0) is 0 Å². The molecule has 0 atom stereocenters. The molecule has 13 heavy (non-hydrogen) atoms. The van der Waals surface area contributed by atoms with Gasteiger partial charge in [-0.1, -0.05) is 12.2 Å². The van der Waals surface area contributed by atoms with Crippen molar-refractivity contribution < 1.29 is 0 Å². The third-order valence-electron chi connectivity index (χ3n) is 3.29. The van der Waals surface area contributed by atoms with Gasteiger partial charge in [-0.2, -0.15) is 5.26 Å². The molecule has 1 aliphatic heterocycles. The monoisotopic (exact) mass is 176 g/mol. The van der Waals surface area contributed by atoms with Gasteiger partial charge in [0.15, 0.2) is 0 Å². The van der Waals surface area contributed by atoms with E-state index in [9.17, 15) is 0 Å². The number of nitrogens with zero attached hydrogens (tertiary/aromatic N) is 2. The molecule has 0 unspecified atom stereocenters. The van der Waals surface area contributed by atoms with Gasteiger partial charge in [0.2, 0.25) is 0 Å². The highest BCUT2D eigenvalue weighted by molar-refractivity contribution is 5.14. The lowest BCUT2D eigenvalue weighted by Crippen LogP contribution is -2.53. The zero-order valence-corrected chi connectivity index (χ0v) is 8.00. The summed E-state index contributed by atoms with van der Waals surface area (Å²) in [5.41, 5.74) is -0.0774. The van der Waals surface area contributed by atoms with Gasteiger partial charge in [-0.15, -0.1) is 0 Å². The second kappa shape index (κ2) is 3.51. The summed E-state index contributed by atoms with van der Waals surface area (Å²) in [6.45, 7) is 2.15. The first-order chi connectivity index (χ1) is 6.37. The molecule has 2 nitrogen and oxygen atoms in total. The SMILES string of the molecule is N#CC1(N2CCC=CCC2)CCC1. The van der Waals surface area contributed by atoms with E-state index in [1.54, 1.807) is 0 Å². The van der Waals surface area contributed by atoms with Crippen LogP contribution in [0.25, 0.3) is 0 Å². The summed E-state index contributed by atoms with van der Waals surface area (Å²) in [4.78, 5) is 2.39. The van der Waals surface area contributed by atoms with Gasteiger partial charge in [0, 0.05) is 13.1 Å². The highest BCUT2D eigenvalue weighted by Gasteiger charge is 2.42. The van der Waals surface area contributed by atoms with Crippen molar-refractivity contribution >= 4 is 0 Å². The van der Waals surface area contributed by atoms with Gasteiger partial charge in [0.1, 0.15) is 5.54 Å². The summed E-state index contributed by atoms with van der Waals surface area (Å²) in [6.07, 6.45) is 10.1. The summed E-state index contributed by atoms with van der Waals surface area (Å²) in [6, 6.07) is 2.51. The Bertz CT molecular complexity index is 235. The van der Waals surface area contributed by atoms with Crippen molar-refractivity contribution in [2.45, 2.75) is 37.6 Å². The average Bonchev–Trinajstić information content (AvgIpc) is 2.32. The highest BCUT2D eigenvalue weighted by atomic mass is 15.2. The standard InChI is InChI=1S/C11H16N2/c12-10-11(6-5-7-11)13-8-3-1-2-4-9-13/h1-2H,3-9H2. The number of rotatable bonds is 1. The average molecular weight is 176 g/mol. The molecular formula is C11H16N2. The van der Waals surface area contributed by atoms with Gasteiger partial charge in [-0.3, -0.25) is 4.90 Å². The number of hydrogen-bond acceptors (Lipinski definition) is 2. The molecule has 0 aromatic heterocycles. The van der Waals surface area contributed by atoms with E-state index in [0.717, 1.165) is 38.8 Å². The summed E-state index contributed by atoms with van der Waals surface area (Å²) >= 11 is 0. The van der Waals surface area contributed by atoms with Crippen LogP contribution in [0.4, 0.5) is 0 Å². The number of hydrogen-bond donors (Lipinski definition) is 0. The molecule has 1 heterocycles. The molecular weight excluding hydrogens is 160 g/mol. The lowest BCUT2D eigenvalue weighted by Gasteiger charge is -2.44. The fourth-order valence-electron chi connectivity index (χ4n) is 2.25. The summed E-state index contributed by atoms with van der Waals surface area (Å²) in [7, 11) is 0. The first-order valence-electron chi connectivity index (χ1n) is 5.19. The van der Waals surface area contributed by atoms with Crippen molar-refractivity contribution in [3.05, 3.63) is 12.2 Å². The first-order valence-corrected chi connectivity index (χ1v) is 5.19. The smallest absolute Gasteiger partial charge is 0.109 e. The van der Waals surface area contributed by atoms with Crippen molar-refractivity contribution in [1.29, 1.82) is 5.26 Å². The van der Waals surface area contributed by atoms with Gasteiger partial charge in [0.25, 0.3) is 0 Å². The van der Waals surface area contributed by atoms with Crippen LogP contribution >= 0.6 is 0 Å². The fraction of sp³-hybridized carbons (Fsp3) is 0.727. The highest BCUT2D eigenvalue weighted by Crippen LogP contribution is 2.37. The minimum atomic E-state index is -0.0774. The first kappa shape index (κ1) is 8.77. The molecule has 2 rings (SSSR count). The van der Waals surface area contributed by atoms with Crippen molar-refractivity contribution in [1.82, 2.24) is 4.90 Å². The second-order valence-corrected chi connectivity index (χ2v) is 4.03. The Balaban J connectivity index is 2.03. The van der Waals surface area contributed by atoms with Crippen LogP contribution in [0.5, 0.6) is 0 Å². The summed E-state index contributed by atoms with van der Waals surface area (Å²) in [5.74, 6) is 0. The molecule has 0 radical (unpaired) electrons. The predicted octanol–water partition coefficient (Wildman–Crippen LogP) is 2.08. The third kappa shape index (κ3) is 1.49. The van der Waals surface area contributed by atoms with Crippen molar-refractivity contribution in [2.24, 2.45) is 0 Å². The second-order valence-electron chi connectivity index (χ2n) is 4.03. The third-order valence-corrected chi connectivity index (χ3v) is 3.29. The maximum Gasteiger partial charge on any atom is 0.109 e. The molecule has 0 amide bonds. The van der Waals surface area contributed by atoms with Gasteiger partial charge in [-0.25, -0.2) is 0 Å². The van der Waals surface area contributed by atoms with Crippen LogP contribution in [0, 0.1) is 11.3 Å². The molecule has 0 aromatic rings. The molecule has 0 bridgehead atoms. The molecule has 1 aliphatic carbocycles. The van der Waals surface area contributed by atoms with Gasteiger partial charge < -0.3 is 0 Å². The van der Waals surface area contributed by atoms with Crippen molar-refractivity contribution in [3.8, 4) is 6.07 Å². The van der Waals surface area contributed by atoms with Gasteiger partial charge in [-0.05, 0) is 32.1 Å². The van der Waals surface area contributed by atoms with E-state index in [-0.39, 0.29) is 5.54 Å².